The van der Waals surface area contributed by atoms with Crippen LogP contribution >= 0.6 is 0 Å². The second-order valence-corrected chi connectivity index (χ2v) is 26.6. The monoisotopic (exact) mass is 1210 g/mol. The third-order valence-electron chi connectivity index (χ3n) is 20.8. The van der Waals surface area contributed by atoms with E-state index in [2.05, 4.69) is 95.4 Å². The number of ether oxygens (including phenoxy) is 4. The number of fused-ring (bicyclic) bond motifs is 6. The van der Waals surface area contributed by atoms with E-state index in [1.165, 1.54) is 18.6 Å². The van der Waals surface area contributed by atoms with Gasteiger partial charge in [-0.1, -0.05) is 49.3 Å². The van der Waals surface area contributed by atoms with Crippen molar-refractivity contribution in [3.8, 4) is 52.4 Å². The molecule has 4 bridgehead atoms. The van der Waals surface area contributed by atoms with Gasteiger partial charge in [0.25, 0.3) is 0 Å². The van der Waals surface area contributed by atoms with Gasteiger partial charge in [-0.3, -0.25) is 20.1 Å². The van der Waals surface area contributed by atoms with Gasteiger partial charge in [0.1, 0.15) is 24.6 Å². The van der Waals surface area contributed by atoms with Crippen LogP contribution in [0.4, 0.5) is 0 Å². The lowest BCUT2D eigenvalue weighted by atomic mass is 9.61. The summed E-state index contributed by atoms with van der Waals surface area (Å²) < 4.78 is 29.3. The van der Waals surface area contributed by atoms with Crippen LogP contribution in [0.5, 0.6) is 28.7 Å². The van der Waals surface area contributed by atoms with Gasteiger partial charge in [0, 0.05) is 106 Å². The zero-order valence-electron chi connectivity index (χ0n) is 51.1. The van der Waals surface area contributed by atoms with Crippen molar-refractivity contribution in [3.05, 3.63) is 120 Å². The van der Waals surface area contributed by atoms with Gasteiger partial charge in [-0.25, -0.2) is 0 Å². The fourth-order valence-electron chi connectivity index (χ4n) is 16.5. The first-order valence-corrected chi connectivity index (χ1v) is 32.3. The molecular weight excluding hydrogens is 1120 g/mol. The van der Waals surface area contributed by atoms with Crippen molar-refractivity contribution in [2.75, 3.05) is 33.3 Å². The first-order chi connectivity index (χ1) is 43.3. The minimum atomic E-state index is -1.07. The number of rotatable bonds is 14. The molecule has 0 amide bonds. The van der Waals surface area contributed by atoms with Gasteiger partial charge >= 0.3 is 5.97 Å². The third-order valence-corrected chi connectivity index (χ3v) is 20.8. The van der Waals surface area contributed by atoms with Crippen LogP contribution in [0.2, 0.25) is 0 Å². The molecule has 5 aromatic rings. The van der Waals surface area contributed by atoms with Gasteiger partial charge in [-0.15, -0.1) is 11.8 Å². The maximum Gasteiger partial charge on any atom is 0.302 e. The fourth-order valence-corrected chi connectivity index (χ4v) is 16.5. The van der Waals surface area contributed by atoms with Gasteiger partial charge in [0.05, 0.1) is 47.5 Å². The summed E-state index contributed by atoms with van der Waals surface area (Å²) in [6.45, 7) is 3.70. The Hall–Kier alpha value is -7.81. The van der Waals surface area contributed by atoms with Crippen molar-refractivity contribution in [3.63, 3.8) is 0 Å². The maximum atomic E-state index is 13.5. The number of esters is 1. The highest BCUT2D eigenvalue weighted by Gasteiger charge is 2.60. The molecule has 5 aliphatic heterocycles. The van der Waals surface area contributed by atoms with Gasteiger partial charge in [0.2, 0.25) is 5.75 Å². The first-order valence-electron chi connectivity index (χ1n) is 32.3. The average Bonchev–Trinajstić information content (AvgIpc) is 1.56. The van der Waals surface area contributed by atoms with Crippen molar-refractivity contribution in [2.24, 2.45) is 45.2 Å². The Labute approximate surface area is 521 Å². The number of aromatic amines is 1. The molecule has 8 aliphatic rings. The molecule has 470 valence electrons. The van der Waals surface area contributed by atoms with Gasteiger partial charge in [-0.05, 0) is 147 Å². The van der Waals surface area contributed by atoms with E-state index in [4.69, 9.17) is 29.7 Å². The van der Waals surface area contributed by atoms with Crippen molar-refractivity contribution in [1.29, 1.82) is 0 Å². The van der Waals surface area contributed by atoms with E-state index >= 15 is 0 Å². The molecule has 14 unspecified atom stereocenters. The van der Waals surface area contributed by atoms with Crippen LogP contribution in [-0.2, 0) is 27.1 Å². The molecule has 19 nitrogen and oxygen atoms in total. The standard InChI is InChI=1S/C70H86N10O9/c1-43(81)87-51-34-58(49-32-56(83)64(84)60(33-49)86-29-21-44-10-9-26-73-38-44)89-61(35-51)68-22-5-12-47-11-3-4-15-53(47)77-66(85)63-65(80-40-48-20-28-74-54(48)41-80)78-67(76-42-69(24-6-13-50(69)39-72-2)37-46-19-27-75-62(71)31-46)79-70(63)25-8-16-57(52(70)14-7-23-68)88-59-30-45(36-68)17-18-55(59)82/h9-10,17-20,26,28,30-33,38,40-41,47,50-53,57-58,61,63,65-66,72,74-75,77,82-85H,3-4,6,8,11,13,15-16,21-25,27,29,34-37,39,42,71H2,1-2H3,(H2,76,78,79). The number of nitrogens with one attached hydrogen (secondary N) is 6. The molecule has 2 saturated heterocycles. The number of allylic oxidation sites excluding steroid dienone is 2. The molecule has 89 heavy (non-hydrogen) atoms. The van der Waals surface area contributed by atoms with E-state index in [9.17, 15) is 25.2 Å². The molecule has 3 aromatic heterocycles. The smallest absolute Gasteiger partial charge is 0.302 e. The number of hydrogen-bond acceptors (Lipinski definition) is 15. The predicted molar refractivity (Wildman–Crippen MR) is 338 cm³/mol. The second-order valence-electron chi connectivity index (χ2n) is 26.6. The summed E-state index contributed by atoms with van der Waals surface area (Å²) in [4.78, 5) is 26.5. The number of aromatic hydroxyl groups is 3. The molecule has 8 heterocycles. The zero-order valence-corrected chi connectivity index (χ0v) is 51.1. The summed E-state index contributed by atoms with van der Waals surface area (Å²) in [5.74, 6) is 14.9. The minimum Gasteiger partial charge on any atom is -0.504 e. The third kappa shape index (κ3) is 12.5. The van der Waals surface area contributed by atoms with Crippen molar-refractivity contribution in [2.45, 2.75) is 164 Å². The summed E-state index contributed by atoms with van der Waals surface area (Å²) in [5, 5.41) is 67.8. The van der Waals surface area contributed by atoms with Gasteiger partial charge < -0.3 is 75.9 Å². The van der Waals surface area contributed by atoms with E-state index in [1.807, 2.05) is 37.5 Å². The highest BCUT2D eigenvalue weighted by Crippen LogP contribution is 2.53. The molecule has 3 saturated carbocycles. The number of H-pyrrole nitrogens is 1. The van der Waals surface area contributed by atoms with Gasteiger partial charge in [-0.2, -0.15) is 0 Å². The Morgan fingerprint density at radius 2 is 1.85 bits per heavy atom. The van der Waals surface area contributed by atoms with E-state index < -0.39 is 65.6 Å². The number of guanidine groups is 1. The molecule has 1 spiro atoms. The molecule has 19 heteroatoms. The number of aliphatic imine (C=N–C) groups is 1. The lowest BCUT2D eigenvalue weighted by Gasteiger charge is -2.57. The molecule has 12 N–H and O–H groups in total. The highest BCUT2D eigenvalue weighted by molar-refractivity contribution is 5.83. The number of nitrogens with zero attached hydrogens (tertiary/aromatic N) is 3. The quantitative estimate of drug-likeness (QED) is 0.0285. The van der Waals surface area contributed by atoms with Crippen LogP contribution in [0.1, 0.15) is 132 Å². The van der Waals surface area contributed by atoms with E-state index in [1.54, 1.807) is 24.5 Å². The van der Waals surface area contributed by atoms with Crippen molar-refractivity contribution < 1.29 is 44.2 Å². The molecule has 0 radical (unpaired) electrons. The Kier molecular flexibility index (Phi) is 17.3. The number of dihydropyridines is 1. The van der Waals surface area contributed by atoms with E-state index in [0.717, 1.165) is 86.4 Å². The van der Waals surface area contributed by atoms with Crippen LogP contribution in [-0.4, -0.2) is 116 Å². The number of nitrogens with two attached hydrogens (primary N) is 1. The number of benzene rings is 2. The van der Waals surface area contributed by atoms with Crippen LogP contribution in [0.3, 0.4) is 0 Å². The Morgan fingerprint density at radius 1 is 0.989 bits per heavy atom. The van der Waals surface area contributed by atoms with Crippen LogP contribution in [0, 0.1) is 58.2 Å². The Bertz CT molecular complexity index is 3590. The predicted octanol–water partition coefficient (Wildman–Crippen LogP) is 8.14. The van der Waals surface area contributed by atoms with Crippen molar-refractivity contribution >= 4 is 22.8 Å². The first kappa shape index (κ1) is 60.1. The zero-order chi connectivity index (χ0) is 61.3. The number of aliphatic hydroxyl groups excluding tert-OH is 1. The second kappa shape index (κ2) is 25.6. The molecule has 5 fully saturated rings. The number of carbonyl (C=O) groups excluding carboxylic acids is 1. The summed E-state index contributed by atoms with van der Waals surface area (Å²) in [5.41, 5.74) is 8.92. The molecule has 3 aliphatic carbocycles. The average molecular weight is 1210 g/mol. The van der Waals surface area contributed by atoms with Crippen LogP contribution in [0.25, 0.3) is 10.9 Å². The summed E-state index contributed by atoms with van der Waals surface area (Å²) in [7, 11) is 2.03. The van der Waals surface area contributed by atoms with Crippen molar-refractivity contribution in [1.82, 2.24) is 41.1 Å². The minimum absolute atomic E-state index is 0.00118. The molecular formula is C70H86N10O9. The lowest BCUT2D eigenvalue weighted by molar-refractivity contribution is -0.174. The van der Waals surface area contributed by atoms with Gasteiger partial charge in [0.15, 0.2) is 29.0 Å². The van der Waals surface area contributed by atoms with E-state index in [-0.39, 0.29) is 53.4 Å². The lowest BCUT2D eigenvalue weighted by Crippen LogP contribution is -2.75. The Balaban J connectivity index is 0.950. The summed E-state index contributed by atoms with van der Waals surface area (Å²) in [6.07, 6.45) is 21.6. The summed E-state index contributed by atoms with van der Waals surface area (Å²) >= 11 is 0. The summed E-state index contributed by atoms with van der Waals surface area (Å²) in [6, 6.07) is 14.5. The number of aromatic nitrogens is 3. The normalized spacial score (nSPS) is 32.9. The fraction of sp³-hybridized carbons (Fsp3) is 0.529. The molecule has 13 rings (SSSR count). The van der Waals surface area contributed by atoms with E-state index in [0.29, 0.717) is 87.0 Å². The Morgan fingerprint density at radius 3 is 2.69 bits per heavy atom. The topological polar surface area (TPSA) is 267 Å². The maximum absolute atomic E-state index is 13.5. The highest BCUT2D eigenvalue weighted by atomic mass is 16.6. The number of aliphatic hydroxyl groups is 1. The number of carbonyl (C=O) groups is 1. The number of phenolic OH excluding ortho intramolecular Hbond substituents is 3. The largest absolute Gasteiger partial charge is 0.504 e. The molecule has 14 atom stereocenters. The number of hydrogen-bond donors (Lipinski definition) is 11. The molecule has 2 aromatic carbocycles. The van der Waals surface area contributed by atoms with Crippen LogP contribution in [0.15, 0.2) is 108 Å². The SMILES string of the molecule is CNCC1CCCC1(CN=C1NC(n2cc3cc[nH]c3c2)C2C(O)NC3CCCCC3C#CCC3(C4CC(OC(C)=O)CC(c5cc(O)c(O)c(OCCc6cccnc6)c5)O4)CC#CC4C(CCCC42N1)Oc1cc(ccc1O)C3)CC1=CCNC(N)=C1. The number of phenols is 3. The number of pyridine rings is 1. The van der Waals surface area contributed by atoms with Crippen LogP contribution < -0.4 is 41.8 Å².